The Balaban J connectivity index is 1.88. The van der Waals surface area contributed by atoms with Crippen molar-refractivity contribution in [3.05, 3.63) is 59.2 Å². The highest BCUT2D eigenvalue weighted by Crippen LogP contribution is 2.22. The first kappa shape index (κ1) is 20.2. The zero-order valence-electron chi connectivity index (χ0n) is 15.7. The molecule has 8 heteroatoms. The SMILES string of the molecule is CC(=O)c1cccc(OC(=O)c2cc(S(=O)(=O)N3CCOCC3)ccc2C)c1. The molecule has 0 aliphatic carbocycles. The summed E-state index contributed by atoms with van der Waals surface area (Å²) in [6, 6.07) is 10.7. The highest BCUT2D eigenvalue weighted by atomic mass is 32.2. The van der Waals surface area contributed by atoms with Gasteiger partial charge in [0.05, 0.1) is 23.7 Å². The van der Waals surface area contributed by atoms with Crippen LogP contribution >= 0.6 is 0 Å². The minimum atomic E-state index is -3.72. The molecule has 1 aliphatic heterocycles. The molecule has 2 aromatic carbocycles. The Morgan fingerprint density at radius 3 is 2.46 bits per heavy atom. The molecule has 1 aliphatic rings. The molecule has 0 spiro atoms. The van der Waals surface area contributed by atoms with Crippen LogP contribution < -0.4 is 4.74 Å². The average molecular weight is 403 g/mol. The lowest BCUT2D eigenvalue weighted by molar-refractivity contribution is 0.0726. The van der Waals surface area contributed by atoms with E-state index in [4.69, 9.17) is 9.47 Å². The Morgan fingerprint density at radius 2 is 1.79 bits per heavy atom. The van der Waals surface area contributed by atoms with Crippen molar-refractivity contribution in [2.24, 2.45) is 0 Å². The van der Waals surface area contributed by atoms with E-state index >= 15 is 0 Å². The number of sulfonamides is 1. The molecule has 7 nitrogen and oxygen atoms in total. The smallest absolute Gasteiger partial charge is 0.343 e. The summed E-state index contributed by atoms with van der Waals surface area (Å²) in [5.41, 5.74) is 1.17. The number of morpholine rings is 1. The number of esters is 1. The Labute approximate surface area is 163 Å². The molecule has 148 valence electrons. The van der Waals surface area contributed by atoms with E-state index < -0.39 is 16.0 Å². The van der Waals surface area contributed by atoms with Crippen LogP contribution in [0, 0.1) is 6.92 Å². The monoisotopic (exact) mass is 403 g/mol. The fourth-order valence-corrected chi connectivity index (χ4v) is 4.29. The van der Waals surface area contributed by atoms with Crippen LogP contribution in [0.15, 0.2) is 47.4 Å². The van der Waals surface area contributed by atoms with E-state index in [9.17, 15) is 18.0 Å². The molecule has 0 saturated carbocycles. The number of ketones is 1. The maximum atomic E-state index is 12.8. The fourth-order valence-electron chi connectivity index (χ4n) is 2.86. The largest absolute Gasteiger partial charge is 0.423 e. The standard InChI is InChI=1S/C20H21NO6S/c1-14-6-7-18(28(24,25)21-8-10-26-11-9-21)13-19(14)20(23)27-17-5-3-4-16(12-17)15(2)22/h3-7,12-13H,8-11H2,1-2H3. The molecule has 28 heavy (non-hydrogen) atoms. The van der Waals surface area contributed by atoms with Crippen molar-refractivity contribution < 1.29 is 27.5 Å². The first-order valence-electron chi connectivity index (χ1n) is 8.81. The maximum absolute atomic E-state index is 12.8. The van der Waals surface area contributed by atoms with Gasteiger partial charge < -0.3 is 9.47 Å². The Bertz CT molecular complexity index is 1010. The van der Waals surface area contributed by atoms with Crippen molar-refractivity contribution >= 4 is 21.8 Å². The third kappa shape index (κ3) is 4.30. The van der Waals surface area contributed by atoms with Gasteiger partial charge in [-0.3, -0.25) is 4.79 Å². The van der Waals surface area contributed by atoms with Gasteiger partial charge in [-0.1, -0.05) is 18.2 Å². The predicted molar refractivity (Wildman–Crippen MR) is 102 cm³/mol. The van der Waals surface area contributed by atoms with Gasteiger partial charge in [-0.15, -0.1) is 0 Å². The molecular weight excluding hydrogens is 382 g/mol. The van der Waals surface area contributed by atoms with E-state index in [1.807, 2.05) is 0 Å². The summed E-state index contributed by atoms with van der Waals surface area (Å²) in [6.45, 7) is 4.35. The molecular formula is C20H21NO6S. The van der Waals surface area contributed by atoms with Gasteiger partial charge in [-0.05, 0) is 43.7 Å². The second-order valence-electron chi connectivity index (χ2n) is 6.47. The topological polar surface area (TPSA) is 90.0 Å². The summed E-state index contributed by atoms with van der Waals surface area (Å²) in [4.78, 5) is 24.2. The minimum absolute atomic E-state index is 0.0319. The summed E-state index contributed by atoms with van der Waals surface area (Å²) in [7, 11) is -3.72. The minimum Gasteiger partial charge on any atom is -0.423 e. The summed E-state index contributed by atoms with van der Waals surface area (Å²) in [6.07, 6.45) is 0. The van der Waals surface area contributed by atoms with Gasteiger partial charge in [-0.2, -0.15) is 4.31 Å². The summed E-state index contributed by atoms with van der Waals surface area (Å²) in [5, 5.41) is 0. The number of Topliss-reactive ketones (excluding diaryl/α,β-unsaturated/α-hetero) is 1. The van der Waals surface area contributed by atoms with Crippen molar-refractivity contribution in [3.63, 3.8) is 0 Å². The quantitative estimate of drug-likeness (QED) is 0.433. The lowest BCUT2D eigenvalue weighted by atomic mass is 10.1. The number of hydrogen-bond acceptors (Lipinski definition) is 6. The first-order chi connectivity index (χ1) is 13.3. The number of nitrogens with zero attached hydrogens (tertiary/aromatic N) is 1. The van der Waals surface area contributed by atoms with Crippen molar-refractivity contribution in [3.8, 4) is 5.75 Å². The molecule has 0 aromatic heterocycles. The van der Waals surface area contributed by atoms with E-state index in [2.05, 4.69) is 0 Å². The molecule has 3 rings (SSSR count). The van der Waals surface area contributed by atoms with Crippen LogP contribution in [0.25, 0.3) is 0 Å². The second kappa shape index (κ2) is 8.22. The van der Waals surface area contributed by atoms with Crippen LogP contribution in [-0.2, 0) is 14.8 Å². The molecule has 1 saturated heterocycles. The van der Waals surface area contributed by atoms with Crippen LogP contribution in [0.1, 0.15) is 33.2 Å². The number of ether oxygens (including phenoxy) is 2. The fraction of sp³-hybridized carbons (Fsp3) is 0.300. The van der Waals surface area contributed by atoms with Crippen molar-refractivity contribution in [1.82, 2.24) is 4.31 Å². The lowest BCUT2D eigenvalue weighted by Gasteiger charge is -2.26. The van der Waals surface area contributed by atoms with Gasteiger partial charge in [0.2, 0.25) is 10.0 Å². The second-order valence-corrected chi connectivity index (χ2v) is 8.40. The van der Waals surface area contributed by atoms with E-state index in [1.165, 1.54) is 29.4 Å². The summed E-state index contributed by atoms with van der Waals surface area (Å²) >= 11 is 0. The molecule has 0 radical (unpaired) electrons. The molecule has 0 N–H and O–H groups in total. The molecule has 0 atom stereocenters. The Hall–Kier alpha value is -2.55. The normalized spacial score (nSPS) is 15.2. The van der Waals surface area contributed by atoms with Crippen LogP contribution in [0.4, 0.5) is 0 Å². The molecule has 0 unspecified atom stereocenters. The van der Waals surface area contributed by atoms with Crippen LogP contribution in [-0.4, -0.2) is 50.8 Å². The van der Waals surface area contributed by atoms with Crippen molar-refractivity contribution in [2.45, 2.75) is 18.7 Å². The molecule has 1 fully saturated rings. The van der Waals surface area contributed by atoms with Gasteiger partial charge in [0.25, 0.3) is 0 Å². The Morgan fingerprint density at radius 1 is 1.07 bits per heavy atom. The van der Waals surface area contributed by atoms with Crippen molar-refractivity contribution in [1.29, 1.82) is 0 Å². The molecule has 2 aromatic rings. The molecule has 0 bridgehead atoms. The predicted octanol–water partition coefficient (Wildman–Crippen LogP) is 2.44. The van der Waals surface area contributed by atoms with E-state index in [0.717, 1.165) is 0 Å². The number of aryl methyl sites for hydroxylation is 1. The Kier molecular flexibility index (Phi) is 5.93. The van der Waals surface area contributed by atoms with Crippen molar-refractivity contribution in [2.75, 3.05) is 26.3 Å². The number of carbonyl (C=O) groups excluding carboxylic acids is 2. The average Bonchev–Trinajstić information content (AvgIpc) is 2.69. The van der Waals surface area contributed by atoms with E-state index in [1.54, 1.807) is 31.2 Å². The summed E-state index contributed by atoms with van der Waals surface area (Å²) < 4.78 is 37.6. The van der Waals surface area contributed by atoms with Gasteiger partial charge >= 0.3 is 5.97 Å². The van der Waals surface area contributed by atoms with Gasteiger partial charge in [0.15, 0.2) is 5.78 Å². The number of carbonyl (C=O) groups is 2. The third-order valence-electron chi connectivity index (χ3n) is 4.49. The molecule has 0 amide bonds. The maximum Gasteiger partial charge on any atom is 0.343 e. The summed E-state index contributed by atoms with van der Waals surface area (Å²) in [5.74, 6) is -0.608. The van der Waals surface area contributed by atoms with Gasteiger partial charge in [0, 0.05) is 18.7 Å². The van der Waals surface area contributed by atoms with E-state index in [0.29, 0.717) is 24.3 Å². The lowest BCUT2D eigenvalue weighted by Crippen LogP contribution is -2.40. The van der Waals surface area contributed by atoms with E-state index in [-0.39, 0.29) is 35.1 Å². The highest BCUT2D eigenvalue weighted by Gasteiger charge is 2.27. The van der Waals surface area contributed by atoms with Crippen LogP contribution in [0.2, 0.25) is 0 Å². The van der Waals surface area contributed by atoms with Crippen LogP contribution in [0.5, 0.6) is 5.75 Å². The zero-order valence-corrected chi connectivity index (χ0v) is 16.5. The highest BCUT2D eigenvalue weighted by molar-refractivity contribution is 7.89. The number of benzene rings is 2. The van der Waals surface area contributed by atoms with Crippen LogP contribution in [0.3, 0.4) is 0 Å². The zero-order chi connectivity index (χ0) is 20.3. The first-order valence-corrected chi connectivity index (χ1v) is 10.2. The van der Waals surface area contributed by atoms with Gasteiger partial charge in [-0.25, -0.2) is 13.2 Å². The number of hydrogen-bond donors (Lipinski definition) is 0. The van der Waals surface area contributed by atoms with Gasteiger partial charge in [0.1, 0.15) is 5.75 Å². The molecule has 1 heterocycles. The number of rotatable bonds is 5. The third-order valence-corrected chi connectivity index (χ3v) is 6.38.